The Morgan fingerprint density at radius 2 is 1.85 bits per heavy atom. The van der Waals surface area contributed by atoms with E-state index in [2.05, 4.69) is 0 Å². The fourth-order valence-electron chi connectivity index (χ4n) is 1.05. The lowest BCUT2D eigenvalue weighted by Crippen LogP contribution is -2.12. The zero-order valence-corrected chi connectivity index (χ0v) is 6.79. The molecule has 0 radical (unpaired) electrons. The van der Waals surface area contributed by atoms with Gasteiger partial charge in [0, 0.05) is 25.1 Å². The van der Waals surface area contributed by atoms with Crippen LogP contribution in [0, 0.1) is 0 Å². The van der Waals surface area contributed by atoms with E-state index in [4.69, 9.17) is 12.3 Å². The maximum absolute atomic E-state index is 12.0. The summed E-state index contributed by atoms with van der Waals surface area (Å²) in [4.78, 5) is 12.0. The van der Waals surface area contributed by atoms with Crippen LogP contribution in [0.2, 0.25) is 0 Å². The van der Waals surface area contributed by atoms with Crippen molar-refractivity contribution in [1.82, 2.24) is 0 Å². The number of benzene rings is 1. The maximum atomic E-state index is 12.0. The Morgan fingerprint density at radius 1 is 1.23 bits per heavy atom. The number of ketones is 1. The van der Waals surface area contributed by atoms with Crippen molar-refractivity contribution in [3.8, 4) is 0 Å². The molecule has 0 N–H and O–H groups in total. The largest absolute Gasteiger partial charge is 0.300 e. The van der Waals surface area contributed by atoms with E-state index < -0.39 is 37.2 Å². The van der Waals surface area contributed by atoms with Crippen molar-refractivity contribution >= 4 is 5.78 Å². The Bertz CT molecular complexity index is 578. The topological polar surface area (TPSA) is 17.1 Å². The molecule has 0 aliphatic heterocycles. The minimum absolute atomic E-state index is 0.231. The predicted molar refractivity (Wildman–Crippen MR) is 52.7 cm³/mol. The van der Waals surface area contributed by atoms with Gasteiger partial charge in [0.05, 0.1) is 0 Å². The zero-order chi connectivity index (χ0) is 17.2. The lowest BCUT2D eigenvalue weighted by atomic mass is 9.84. The van der Waals surface area contributed by atoms with E-state index in [0.29, 0.717) is 0 Å². The smallest absolute Gasteiger partial charge is 0.132 e. The first-order chi connectivity index (χ1) is 9.76. The van der Waals surface area contributed by atoms with Gasteiger partial charge in [-0.2, -0.15) is 0 Å². The summed E-state index contributed by atoms with van der Waals surface area (Å²) in [6, 6.07) is 6.84. The van der Waals surface area contributed by atoms with Gasteiger partial charge >= 0.3 is 0 Å². The molecule has 1 aromatic carbocycles. The van der Waals surface area contributed by atoms with E-state index in [0.717, 1.165) is 0 Å². The molecule has 0 aromatic heterocycles. The van der Waals surface area contributed by atoms with Crippen LogP contribution in [0.5, 0.6) is 0 Å². The van der Waals surface area contributed by atoms with Gasteiger partial charge in [-0.25, -0.2) is 0 Å². The molecule has 0 unspecified atom stereocenters. The van der Waals surface area contributed by atoms with Gasteiger partial charge in [0.2, 0.25) is 0 Å². The lowest BCUT2D eigenvalue weighted by Gasteiger charge is -2.20. The van der Waals surface area contributed by atoms with Crippen LogP contribution in [0.4, 0.5) is 0 Å². The fourth-order valence-corrected chi connectivity index (χ4v) is 1.05. The van der Waals surface area contributed by atoms with Gasteiger partial charge in [-0.1, -0.05) is 30.3 Å². The quantitative estimate of drug-likeness (QED) is 0.654. The van der Waals surface area contributed by atoms with E-state index >= 15 is 0 Å². The monoisotopic (exact) mass is 183 g/mol. The van der Waals surface area contributed by atoms with Gasteiger partial charge in [-0.3, -0.25) is 4.79 Å². The summed E-state index contributed by atoms with van der Waals surface area (Å²) in [7, 11) is 0. The second-order valence-electron chi connectivity index (χ2n) is 2.57. The number of hydrogen-bond donors (Lipinski definition) is 0. The minimum atomic E-state index is -3.35. The predicted octanol–water partition coefficient (Wildman–Crippen LogP) is 2.91. The number of rotatable bonds is 1. The van der Waals surface area contributed by atoms with E-state index in [-0.39, 0.29) is 5.56 Å². The third kappa shape index (κ3) is 1.97. The second kappa shape index (κ2) is 3.73. The third-order valence-electron chi connectivity index (χ3n) is 1.66. The molecule has 0 saturated heterocycles. The average Bonchev–Trinajstić information content (AvgIpc) is 2.44. The maximum Gasteiger partial charge on any atom is 0.132 e. The summed E-state index contributed by atoms with van der Waals surface area (Å²) in [6.07, 6.45) is -13.2. The molecule has 0 bridgehead atoms. The van der Waals surface area contributed by atoms with Gasteiger partial charge < -0.3 is 0 Å². The van der Waals surface area contributed by atoms with E-state index in [1.54, 1.807) is 6.07 Å². The Labute approximate surface area is 91.4 Å². The Morgan fingerprint density at radius 3 is 2.46 bits per heavy atom. The van der Waals surface area contributed by atoms with Crippen LogP contribution >= 0.6 is 0 Å². The average molecular weight is 183 g/mol. The lowest BCUT2D eigenvalue weighted by molar-refractivity contribution is -0.120. The van der Waals surface area contributed by atoms with Crippen molar-refractivity contribution in [3.63, 3.8) is 0 Å². The van der Waals surface area contributed by atoms with Crippen molar-refractivity contribution in [3.05, 3.63) is 35.9 Å². The van der Waals surface area contributed by atoms with Crippen LogP contribution in [0.15, 0.2) is 30.3 Å². The molecule has 13 heavy (non-hydrogen) atoms. The summed E-state index contributed by atoms with van der Waals surface area (Å²) in [5, 5.41) is 0. The molecule has 1 aliphatic carbocycles. The number of carbonyl (C=O) groups is 1. The van der Waals surface area contributed by atoms with Crippen LogP contribution in [-0.4, -0.2) is 5.78 Å². The van der Waals surface area contributed by atoms with Crippen molar-refractivity contribution < 1.29 is 17.1 Å². The van der Waals surface area contributed by atoms with Crippen LogP contribution in [0.1, 0.15) is 49.3 Å². The summed E-state index contributed by atoms with van der Waals surface area (Å²) >= 11 is 0. The van der Waals surface area contributed by atoms with Crippen LogP contribution in [0.3, 0.4) is 0 Å². The first kappa shape index (κ1) is 2.94. The Hall–Kier alpha value is -1.11. The first-order valence-corrected chi connectivity index (χ1v) is 3.86. The number of carbonyl (C=O) groups excluding carboxylic acids is 1. The molecule has 0 spiro atoms. The molecule has 1 nitrogen and oxygen atoms in total. The Kier molecular flexibility index (Phi) is 0.845. The summed E-state index contributed by atoms with van der Waals surface area (Å²) < 4.78 is 71.0. The minimum Gasteiger partial charge on any atom is -0.300 e. The van der Waals surface area contributed by atoms with Crippen molar-refractivity contribution in [2.75, 3.05) is 0 Å². The molecule has 1 heteroatoms. The van der Waals surface area contributed by atoms with Crippen molar-refractivity contribution in [2.45, 2.75) is 31.4 Å². The highest BCUT2D eigenvalue weighted by Gasteiger charge is 2.19. The highest BCUT2D eigenvalue weighted by molar-refractivity contribution is 5.79. The Balaban J connectivity index is 2.88. The number of hydrogen-bond acceptors (Lipinski definition) is 1. The molecule has 68 valence electrons. The molecular weight excluding hydrogens is 160 g/mol. The second-order valence-corrected chi connectivity index (χ2v) is 2.57. The van der Waals surface area contributed by atoms with E-state index in [1.807, 2.05) is 0 Å². The van der Waals surface area contributed by atoms with Crippen LogP contribution in [0.25, 0.3) is 0 Å². The molecule has 0 amide bonds. The molecule has 1 aliphatic rings. The normalized spacial score (nSPS) is 47.1. The molecule has 1 aromatic rings. The van der Waals surface area contributed by atoms with Crippen LogP contribution < -0.4 is 0 Å². The van der Waals surface area contributed by atoms with Crippen LogP contribution in [-0.2, 0) is 4.79 Å². The molecule has 0 heterocycles. The van der Waals surface area contributed by atoms with Gasteiger partial charge in [0.15, 0.2) is 0 Å². The molecule has 1 fully saturated rings. The summed E-state index contributed by atoms with van der Waals surface area (Å²) in [6.45, 7) is 0. The van der Waals surface area contributed by atoms with Gasteiger partial charge in [-0.05, 0) is 24.2 Å². The highest BCUT2D eigenvalue weighted by atomic mass is 16.1. The molecular formula is C12H14O. The number of Topliss-reactive ketones (excluding diaryl/α,β-unsaturated/α-hetero) is 1. The molecule has 1 saturated carbocycles. The van der Waals surface area contributed by atoms with E-state index in [9.17, 15) is 4.79 Å². The highest BCUT2D eigenvalue weighted by Crippen LogP contribution is 2.30. The van der Waals surface area contributed by atoms with Crippen molar-refractivity contribution in [2.24, 2.45) is 0 Å². The van der Waals surface area contributed by atoms with Gasteiger partial charge in [-0.15, -0.1) is 0 Å². The molecule has 0 atom stereocenters. The first-order valence-electron chi connectivity index (χ1n) is 8.36. The summed E-state index contributed by atoms with van der Waals surface area (Å²) in [5.41, 5.74) is -0.231. The van der Waals surface area contributed by atoms with Gasteiger partial charge in [0.1, 0.15) is 5.78 Å². The zero-order valence-electron chi connectivity index (χ0n) is 15.8. The third-order valence-corrected chi connectivity index (χ3v) is 1.66. The molecule has 2 rings (SSSR count). The SMILES string of the molecule is [2H]C1([2H])C(=O)C([2H])([2H])C([2H])([2H])C([2H])(c2ccccc2)C1([2H])[2H]. The summed E-state index contributed by atoms with van der Waals surface area (Å²) in [5.74, 6) is -4.77. The van der Waals surface area contributed by atoms with E-state index in [1.165, 1.54) is 24.3 Å². The van der Waals surface area contributed by atoms with Gasteiger partial charge in [0.25, 0.3) is 0 Å². The van der Waals surface area contributed by atoms with Crippen molar-refractivity contribution in [1.29, 1.82) is 0 Å². The fraction of sp³-hybridized carbons (Fsp3) is 0.417. The standard InChI is InChI=1S/C12H14O/c13-12-8-6-11(7-9-12)10-4-2-1-3-5-10/h1-5,11H,6-9H2/i6D2,7D2,8D2,9D2,11D.